The van der Waals surface area contributed by atoms with Crippen molar-refractivity contribution in [1.82, 2.24) is 5.32 Å². The van der Waals surface area contributed by atoms with E-state index < -0.39 is 5.60 Å². The van der Waals surface area contributed by atoms with Crippen molar-refractivity contribution in [2.75, 3.05) is 20.2 Å². The summed E-state index contributed by atoms with van der Waals surface area (Å²) >= 11 is 0. The molecule has 0 radical (unpaired) electrons. The van der Waals surface area contributed by atoms with E-state index in [0.717, 1.165) is 25.1 Å². The molecule has 0 fully saturated rings. The molecule has 1 rings (SSSR count). The van der Waals surface area contributed by atoms with Gasteiger partial charge in [0.15, 0.2) is 0 Å². The summed E-state index contributed by atoms with van der Waals surface area (Å²) in [4.78, 5) is 0. The van der Waals surface area contributed by atoms with Crippen molar-refractivity contribution < 1.29 is 9.84 Å². The van der Waals surface area contributed by atoms with Crippen LogP contribution in [-0.4, -0.2) is 30.9 Å². The second kappa shape index (κ2) is 7.51. The lowest BCUT2D eigenvalue weighted by molar-refractivity contribution is 0.0389. The molecule has 0 saturated carbocycles. The van der Waals surface area contributed by atoms with Crippen LogP contribution in [0.15, 0.2) is 24.3 Å². The van der Waals surface area contributed by atoms with Crippen LogP contribution in [0.5, 0.6) is 5.75 Å². The summed E-state index contributed by atoms with van der Waals surface area (Å²) in [5.41, 5.74) is 0.658. The van der Waals surface area contributed by atoms with Crippen LogP contribution >= 0.6 is 0 Å². The van der Waals surface area contributed by atoms with E-state index in [2.05, 4.69) is 31.3 Å². The molecule has 1 aromatic rings. The summed E-state index contributed by atoms with van der Waals surface area (Å²) in [5, 5.41) is 13.5. The number of hydrogen-bond acceptors (Lipinski definition) is 3. The van der Waals surface area contributed by atoms with Crippen molar-refractivity contribution in [3.63, 3.8) is 0 Å². The summed E-state index contributed by atoms with van der Waals surface area (Å²) in [7, 11) is 1.67. The maximum Gasteiger partial charge on any atom is 0.118 e. The van der Waals surface area contributed by atoms with Gasteiger partial charge in [-0.15, -0.1) is 0 Å². The van der Waals surface area contributed by atoms with E-state index in [1.165, 1.54) is 5.56 Å². The van der Waals surface area contributed by atoms with Gasteiger partial charge < -0.3 is 15.2 Å². The molecule has 0 aromatic heterocycles. The lowest BCUT2D eigenvalue weighted by atomic mass is 9.94. The van der Waals surface area contributed by atoms with Crippen LogP contribution in [0.4, 0.5) is 0 Å². The Bertz CT molecular complexity index is 358. The van der Waals surface area contributed by atoms with Gasteiger partial charge in [0.25, 0.3) is 0 Å². The standard InChI is InChI=1S/C16H27NO2/c1-13(2)11-16(3,18)12-17-10-9-14-5-7-15(19-4)8-6-14/h5-8,13,17-18H,9-12H2,1-4H3. The predicted octanol–water partition coefficient (Wildman–Crippen LogP) is 2.62. The molecular formula is C16H27NO2. The van der Waals surface area contributed by atoms with E-state index in [0.29, 0.717) is 12.5 Å². The van der Waals surface area contributed by atoms with Gasteiger partial charge >= 0.3 is 0 Å². The van der Waals surface area contributed by atoms with Crippen LogP contribution in [0.1, 0.15) is 32.8 Å². The molecule has 0 spiro atoms. The van der Waals surface area contributed by atoms with E-state index >= 15 is 0 Å². The molecule has 0 bridgehead atoms. The predicted molar refractivity (Wildman–Crippen MR) is 79.6 cm³/mol. The van der Waals surface area contributed by atoms with E-state index in [1.54, 1.807) is 7.11 Å². The molecule has 0 heterocycles. The zero-order chi connectivity index (χ0) is 14.3. The van der Waals surface area contributed by atoms with Crippen LogP contribution in [0.2, 0.25) is 0 Å². The molecule has 1 unspecified atom stereocenters. The number of aliphatic hydroxyl groups is 1. The highest BCUT2D eigenvalue weighted by atomic mass is 16.5. The molecular weight excluding hydrogens is 238 g/mol. The summed E-state index contributed by atoms with van der Waals surface area (Å²) < 4.78 is 5.13. The molecule has 1 atom stereocenters. The summed E-state index contributed by atoms with van der Waals surface area (Å²) in [6, 6.07) is 8.11. The molecule has 0 aliphatic rings. The van der Waals surface area contributed by atoms with Crippen LogP contribution in [0, 0.1) is 5.92 Å². The minimum atomic E-state index is -0.617. The Kier molecular flexibility index (Phi) is 6.32. The van der Waals surface area contributed by atoms with Gasteiger partial charge in [0, 0.05) is 6.54 Å². The van der Waals surface area contributed by atoms with Gasteiger partial charge in [-0.05, 0) is 49.9 Å². The van der Waals surface area contributed by atoms with Crippen molar-refractivity contribution >= 4 is 0 Å². The van der Waals surface area contributed by atoms with Crippen LogP contribution < -0.4 is 10.1 Å². The average Bonchev–Trinajstić information content (AvgIpc) is 2.34. The van der Waals surface area contributed by atoms with Crippen molar-refractivity contribution in [1.29, 1.82) is 0 Å². The molecule has 0 saturated heterocycles. The Hall–Kier alpha value is -1.06. The second-order valence-corrected chi connectivity index (χ2v) is 5.87. The minimum absolute atomic E-state index is 0.512. The number of rotatable bonds is 8. The highest BCUT2D eigenvalue weighted by Crippen LogP contribution is 2.15. The first-order chi connectivity index (χ1) is 8.93. The topological polar surface area (TPSA) is 41.5 Å². The van der Waals surface area contributed by atoms with Crippen LogP contribution in [0.3, 0.4) is 0 Å². The number of hydrogen-bond donors (Lipinski definition) is 2. The van der Waals surface area contributed by atoms with E-state index in [1.807, 2.05) is 19.1 Å². The smallest absolute Gasteiger partial charge is 0.118 e. The Morgan fingerprint density at radius 1 is 1.26 bits per heavy atom. The van der Waals surface area contributed by atoms with E-state index in [4.69, 9.17) is 4.74 Å². The van der Waals surface area contributed by atoms with Gasteiger partial charge in [-0.25, -0.2) is 0 Å². The first-order valence-corrected chi connectivity index (χ1v) is 6.99. The number of ether oxygens (including phenoxy) is 1. The van der Waals surface area contributed by atoms with Gasteiger partial charge in [-0.3, -0.25) is 0 Å². The van der Waals surface area contributed by atoms with Crippen LogP contribution in [-0.2, 0) is 6.42 Å². The third-order valence-electron chi connectivity index (χ3n) is 3.10. The van der Waals surface area contributed by atoms with Gasteiger partial charge in [-0.1, -0.05) is 26.0 Å². The molecule has 1 aromatic carbocycles. The number of methoxy groups -OCH3 is 1. The Labute approximate surface area is 117 Å². The zero-order valence-electron chi connectivity index (χ0n) is 12.6. The van der Waals surface area contributed by atoms with Gasteiger partial charge in [0.05, 0.1) is 12.7 Å². The molecule has 19 heavy (non-hydrogen) atoms. The van der Waals surface area contributed by atoms with E-state index in [9.17, 15) is 5.11 Å². The third-order valence-corrected chi connectivity index (χ3v) is 3.10. The molecule has 0 aliphatic heterocycles. The van der Waals surface area contributed by atoms with Crippen molar-refractivity contribution in [2.45, 2.75) is 39.2 Å². The second-order valence-electron chi connectivity index (χ2n) is 5.87. The normalized spacial score (nSPS) is 14.4. The van der Waals surface area contributed by atoms with Crippen molar-refractivity contribution in [3.8, 4) is 5.75 Å². The van der Waals surface area contributed by atoms with Crippen molar-refractivity contribution in [3.05, 3.63) is 29.8 Å². The lowest BCUT2D eigenvalue weighted by Gasteiger charge is -2.25. The molecule has 108 valence electrons. The SMILES string of the molecule is COc1ccc(CCNCC(C)(O)CC(C)C)cc1. The fourth-order valence-electron chi connectivity index (χ4n) is 2.33. The lowest BCUT2D eigenvalue weighted by Crippen LogP contribution is -2.39. The zero-order valence-corrected chi connectivity index (χ0v) is 12.6. The van der Waals surface area contributed by atoms with Gasteiger partial charge in [0.1, 0.15) is 5.75 Å². The van der Waals surface area contributed by atoms with Crippen LogP contribution in [0.25, 0.3) is 0 Å². The number of benzene rings is 1. The minimum Gasteiger partial charge on any atom is -0.497 e. The quantitative estimate of drug-likeness (QED) is 0.710. The Morgan fingerprint density at radius 3 is 2.42 bits per heavy atom. The van der Waals surface area contributed by atoms with Crippen molar-refractivity contribution in [2.24, 2.45) is 5.92 Å². The molecule has 3 nitrogen and oxygen atoms in total. The monoisotopic (exact) mass is 265 g/mol. The summed E-state index contributed by atoms with van der Waals surface area (Å²) in [6.45, 7) is 7.67. The molecule has 3 heteroatoms. The average molecular weight is 265 g/mol. The third kappa shape index (κ3) is 6.60. The highest BCUT2D eigenvalue weighted by Gasteiger charge is 2.20. The molecule has 0 aliphatic carbocycles. The number of nitrogens with one attached hydrogen (secondary N) is 1. The first-order valence-electron chi connectivity index (χ1n) is 6.99. The maximum atomic E-state index is 10.2. The Morgan fingerprint density at radius 2 is 1.89 bits per heavy atom. The largest absolute Gasteiger partial charge is 0.497 e. The first kappa shape index (κ1) is 16.0. The maximum absolute atomic E-state index is 10.2. The van der Waals surface area contributed by atoms with Gasteiger partial charge in [-0.2, -0.15) is 0 Å². The molecule has 2 N–H and O–H groups in total. The fraction of sp³-hybridized carbons (Fsp3) is 0.625. The summed E-state index contributed by atoms with van der Waals surface area (Å²) in [5.74, 6) is 1.40. The fourth-order valence-corrected chi connectivity index (χ4v) is 2.33. The summed E-state index contributed by atoms with van der Waals surface area (Å²) in [6.07, 6.45) is 1.78. The van der Waals surface area contributed by atoms with E-state index in [-0.39, 0.29) is 0 Å². The highest BCUT2D eigenvalue weighted by molar-refractivity contribution is 5.27. The van der Waals surface area contributed by atoms with Gasteiger partial charge in [0.2, 0.25) is 0 Å². The Balaban J connectivity index is 2.26. The molecule has 0 amide bonds.